The first-order valence-electron chi connectivity index (χ1n) is 48.8. The summed E-state index contributed by atoms with van der Waals surface area (Å²) in [6.45, 7) is 14.2. The normalized spacial score (nSPS) is 21.1. The van der Waals surface area contributed by atoms with Gasteiger partial charge in [-0.1, -0.05) is 83.1 Å². The number of hydrogen-bond donors (Lipinski definition) is 10. The lowest BCUT2D eigenvalue weighted by atomic mass is 9.82. The largest absolute Gasteiger partial charge is 0.497 e. The van der Waals surface area contributed by atoms with Crippen molar-refractivity contribution in [1.82, 2.24) is 71.5 Å². The van der Waals surface area contributed by atoms with E-state index in [4.69, 9.17) is 40.3 Å². The van der Waals surface area contributed by atoms with Gasteiger partial charge in [0.15, 0.2) is 22.6 Å². The molecule has 9 aromatic rings. The smallest absolute Gasteiger partial charge is 0.323 e. The fourth-order valence-electron chi connectivity index (χ4n) is 20.4. The van der Waals surface area contributed by atoms with Crippen molar-refractivity contribution in [1.29, 1.82) is 0 Å². The van der Waals surface area contributed by atoms with Crippen LogP contribution in [-0.2, 0) is 91.4 Å². The number of fused-ring (bicyclic) bond motifs is 8. The van der Waals surface area contributed by atoms with Gasteiger partial charge in [-0.2, -0.15) is 0 Å². The standard InChI is InChI=1S/C29H31N5O5S.C28H23N3O7.C27H28N4O5.C26H27N5O5/c1-38-23-7-4-21-18-34(26(36)24(21)16-23)19-29(17-25(35)32-27(29)37)9-8-20-2-5-22(6-3-20)31-28(40)30-10-11-33-12-14-39-15-13-33;1-37-15-3-2-14-12-31(25(35)17(14)8-15)13-27(11-24(34)29-26(27)36)22-9-18-16-6-7-28(21(32)10-23(33)30-28)19(16)4-5-20(18)38-22;1-4-13-30(2)24(29-35)19-7-5-18(6-8-19)11-12-27(15-23(32)28-26(27)34)17-31-16-20-9-10-21(36-3)14-22(20)25(31)33;1-4-30(5-2)22(29-35)18-8-6-17(7-9-18)12-13-26(24(33)27-25(34)28-26)16-31-15-19-10-11-20(36-3)14-21(19)23(31)32/h2-7,16H,10-15,17-19H2,1H3,(H2,30,31,40)(H,32,35,37);2-5,8-9H,6-7,10-13H2,1H3,(H,30,33)(H,29,34,36);5-10,14,35H,4,13,15-17H2,1-3H3,(H,28,32,34);6-11,14,35H,4-5,15-16H2,1-3H3,(H2,27,28,33,34)/t29-;27-,28?;27-;26-/m1111/s1. The Morgan fingerprint density at radius 1 is 0.500 bits per heavy atom. The minimum atomic E-state index is -1.60. The summed E-state index contributed by atoms with van der Waals surface area (Å²) < 4.78 is 32.5. The zero-order valence-corrected chi connectivity index (χ0v) is 84.4. The van der Waals surface area contributed by atoms with Crippen molar-refractivity contribution in [3.8, 4) is 58.5 Å². The lowest BCUT2D eigenvalue weighted by molar-refractivity contribution is -0.128. The van der Waals surface area contributed by atoms with Crippen molar-refractivity contribution < 1.29 is 106 Å². The zero-order chi connectivity index (χ0) is 106. The average Bonchev–Trinajstić information content (AvgIpc) is 1.55. The fourth-order valence-corrected chi connectivity index (χ4v) is 20.6. The number of amidine groups is 2. The maximum atomic E-state index is 13.3. The van der Waals surface area contributed by atoms with Gasteiger partial charge in [0.25, 0.3) is 29.5 Å². The highest BCUT2D eigenvalue weighted by atomic mass is 32.1. The van der Waals surface area contributed by atoms with Crippen LogP contribution in [0.25, 0.3) is 11.0 Å². The number of urea groups is 1. The summed E-state index contributed by atoms with van der Waals surface area (Å²) in [5, 5.41) is 48.2. The number of aryl methyl sites for hydroxylation is 1. The Labute approximate surface area is 867 Å². The molecule has 1 aliphatic carbocycles. The third-order valence-electron chi connectivity index (χ3n) is 28.4. The summed E-state index contributed by atoms with van der Waals surface area (Å²) in [4.78, 5) is 190. The number of ketones is 1. The van der Waals surface area contributed by atoms with E-state index >= 15 is 0 Å². The van der Waals surface area contributed by atoms with Gasteiger partial charge >= 0.3 is 6.03 Å². The molecule has 11 aliphatic rings. The Kier molecular flexibility index (Phi) is 30.4. The molecule has 10 aliphatic heterocycles. The molecule has 0 bridgehead atoms. The topological polar surface area (TPSA) is 482 Å². The molecule has 1 spiro atoms. The molecule has 150 heavy (non-hydrogen) atoms. The van der Waals surface area contributed by atoms with Crippen LogP contribution in [-0.4, -0.2) is 270 Å². The summed E-state index contributed by atoms with van der Waals surface area (Å²) in [6, 6.07) is 47.2. The predicted octanol–water partition coefficient (Wildman–Crippen LogP) is 6.94. The summed E-state index contributed by atoms with van der Waals surface area (Å²) in [7, 11) is 7.97. The number of amides is 14. The van der Waals surface area contributed by atoms with Gasteiger partial charge < -0.3 is 89.2 Å². The van der Waals surface area contributed by atoms with Gasteiger partial charge in [-0.05, 0) is 212 Å². The summed E-state index contributed by atoms with van der Waals surface area (Å²) >= 11 is 5.41. The number of furan rings is 1. The summed E-state index contributed by atoms with van der Waals surface area (Å²) in [5.41, 5.74) is 4.88. The maximum Gasteiger partial charge on any atom is 0.323 e. The molecule has 10 N–H and O–H groups in total. The molecule has 11 heterocycles. The van der Waals surface area contributed by atoms with Crippen molar-refractivity contribution >= 4 is 128 Å². The van der Waals surface area contributed by atoms with Crippen LogP contribution in [0.3, 0.4) is 0 Å². The van der Waals surface area contributed by atoms with E-state index in [9.17, 15) is 77.5 Å². The van der Waals surface area contributed by atoms with Gasteiger partial charge in [-0.25, -0.2) is 4.79 Å². The number of nitrogens with one attached hydrogen (secondary N) is 8. The SMILES string of the molecule is CCCN(C)C(=NO)c1ccc(C#C[C@]2(CN3Cc4ccc(OC)cc4C3=O)CC(=O)NC2=O)cc1.CCN(CC)C(=NO)c1ccc(C#C[C@]2(CN3Cc4ccc(OC)cc4C3=O)NC(=O)NC2=O)cc1.COc1ccc2c(c1)C(=O)N(C[C@@]1(C#Cc3ccc(NC(=S)NCCN4CCOCC4)cc3)CC(=O)NC1=O)C2.COc1ccc2c(c1)C(=O)N(C[C@@]1(c3cc4c5c(ccc4o3)C3(CC5)NC(=O)CC3=O)CC(=O)NC1=O)C2. The van der Waals surface area contributed by atoms with E-state index in [1.807, 2.05) is 80.1 Å². The third-order valence-corrected chi connectivity index (χ3v) is 28.6. The number of carbonyl (C=O) groups is 14. The molecule has 8 aromatic carbocycles. The van der Waals surface area contributed by atoms with Gasteiger partial charge in [0.2, 0.25) is 46.9 Å². The molecule has 6 saturated heterocycles. The molecule has 0 saturated carbocycles. The molecule has 14 amide bonds. The number of morpholine rings is 1. The molecular formula is C110H109N17O22S. The Morgan fingerprint density at radius 2 is 0.953 bits per heavy atom. The third kappa shape index (κ3) is 21.2. The van der Waals surface area contributed by atoms with E-state index < -0.39 is 74.7 Å². The quantitative estimate of drug-likeness (QED) is 0.00357. The van der Waals surface area contributed by atoms with Crippen LogP contribution in [0.1, 0.15) is 168 Å². The zero-order valence-electron chi connectivity index (χ0n) is 83.6. The number of rotatable bonds is 23. The highest BCUT2D eigenvalue weighted by Gasteiger charge is 2.57. The van der Waals surface area contributed by atoms with Gasteiger partial charge in [0.05, 0.1) is 73.9 Å². The van der Waals surface area contributed by atoms with Crippen LogP contribution >= 0.6 is 12.2 Å². The number of anilines is 1. The van der Waals surface area contributed by atoms with Crippen molar-refractivity contribution in [2.24, 2.45) is 21.1 Å². The number of Topliss-reactive ketones (excluding diaryl/α,β-unsaturated/α-hetero) is 1. The van der Waals surface area contributed by atoms with Crippen LogP contribution in [0.4, 0.5) is 10.5 Å². The Morgan fingerprint density at radius 3 is 1.37 bits per heavy atom. The van der Waals surface area contributed by atoms with Crippen molar-refractivity contribution in [3.05, 3.63) is 253 Å². The molecule has 772 valence electrons. The van der Waals surface area contributed by atoms with Gasteiger partial charge in [0.1, 0.15) is 56.1 Å². The lowest BCUT2D eigenvalue weighted by Crippen LogP contribution is -2.54. The van der Waals surface area contributed by atoms with Crippen molar-refractivity contribution in [3.63, 3.8) is 0 Å². The summed E-state index contributed by atoms with van der Waals surface area (Å²) in [5.74, 6) is 16.6. The molecule has 39 nitrogen and oxygen atoms in total. The van der Waals surface area contributed by atoms with Crippen LogP contribution in [0.15, 0.2) is 179 Å². The van der Waals surface area contributed by atoms with Crippen molar-refractivity contribution in [2.45, 2.75) is 108 Å². The number of nitrogens with zero attached hydrogens (tertiary/aromatic N) is 9. The Hall–Kier alpha value is -17.3. The Balaban J connectivity index is 0.000000136. The maximum absolute atomic E-state index is 13.3. The molecule has 5 atom stereocenters. The molecule has 1 aromatic heterocycles. The van der Waals surface area contributed by atoms with E-state index in [0.717, 1.165) is 102 Å². The van der Waals surface area contributed by atoms with Crippen molar-refractivity contribution in [2.75, 3.05) is 126 Å². The van der Waals surface area contributed by atoms with Gasteiger partial charge in [0, 0.05) is 160 Å². The number of ether oxygens (including phenoxy) is 5. The Bertz CT molecular complexity index is 7310. The first-order valence-corrected chi connectivity index (χ1v) is 49.2. The fraction of sp³-hybridized carbons (Fsp3) is 0.336. The van der Waals surface area contributed by atoms with Crippen LogP contribution in [0.5, 0.6) is 23.0 Å². The average molecular weight is 2050 g/mol. The minimum Gasteiger partial charge on any atom is -0.497 e. The lowest BCUT2D eigenvalue weighted by Gasteiger charge is -2.28. The second kappa shape index (κ2) is 43.8. The van der Waals surface area contributed by atoms with E-state index in [2.05, 4.69) is 93.3 Å². The van der Waals surface area contributed by atoms with Crippen LogP contribution in [0, 0.1) is 46.4 Å². The molecule has 40 heteroatoms. The number of hydrogen-bond acceptors (Lipinski definition) is 26. The van der Waals surface area contributed by atoms with E-state index in [-0.39, 0.29) is 99.5 Å². The number of carbonyl (C=O) groups excluding carboxylic acids is 14. The summed E-state index contributed by atoms with van der Waals surface area (Å²) in [6.07, 6.45) is 1.39. The van der Waals surface area contributed by atoms with Crippen LogP contribution in [0.2, 0.25) is 0 Å². The second-order valence-electron chi connectivity index (χ2n) is 37.9. The minimum absolute atomic E-state index is 0.00534. The number of thiocarbonyl (C=S) groups is 1. The predicted molar refractivity (Wildman–Crippen MR) is 548 cm³/mol. The second-order valence-corrected chi connectivity index (χ2v) is 38.3. The highest BCUT2D eigenvalue weighted by molar-refractivity contribution is 7.80. The van der Waals surface area contributed by atoms with E-state index in [1.54, 1.807) is 143 Å². The van der Waals surface area contributed by atoms with Gasteiger partial charge in [-0.3, -0.25) is 88.5 Å². The highest BCUT2D eigenvalue weighted by Crippen LogP contribution is 2.48. The number of methoxy groups -OCH3 is 4. The monoisotopic (exact) mass is 2050 g/mol. The van der Waals surface area contributed by atoms with Gasteiger partial charge in [-0.15, -0.1) is 0 Å². The van der Waals surface area contributed by atoms with Crippen LogP contribution < -0.4 is 61.5 Å². The molecule has 20 rings (SSSR count). The van der Waals surface area contributed by atoms with E-state index in [0.29, 0.717) is 135 Å². The van der Waals surface area contributed by atoms with E-state index in [1.165, 1.54) is 26.2 Å². The molecular weight excluding hydrogens is 1940 g/mol. The number of benzene rings is 8. The first-order chi connectivity index (χ1) is 72.2. The number of imide groups is 4. The molecule has 6 fully saturated rings. The molecule has 0 radical (unpaired) electrons. The first kappa shape index (κ1) is 104. The molecule has 1 unspecified atom stereocenters. The number of oxime groups is 2.